The van der Waals surface area contributed by atoms with Crippen LogP contribution in [0.25, 0.3) is 0 Å². The second-order valence-electron chi connectivity index (χ2n) is 11.0. The third-order valence-electron chi connectivity index (χ3n) is 5.56. The Morgan fingerprint density at radius 2 is 0.973 bits per heavy atom. The molecule has 5 nitrogen and oxygen atoms in total. The largest absolute Gasteiger partial charge is 0.497 e. The molecule has 0 aromatic heterocycles. The molecule has 0 aliphatic carbocycles. The predicted molar refractivity (Wildman–Crippen MR) is 165 cm³/mol. The van der Waals surface area contributed by atoms with Gasteiger partial charge in [0.25, 0.3) is 0 Å². The van der Waals surface area contributed by atoms with E-state index in [0.29, 0.717) is 0 Å². The predicted octanol–water partition coefficient (Wildman–Crippen LogP) is 5.45. The number of hydrogen-bond donors (Lipinski definition) is 0. The molecule has 0 unspecified atom stereocenters. The number of hydrogen-bond acceptors (Lipinski definition) is 5. The minimum Gasteiger partial charge on any atom is -0.497 e. The highest BCUT2D eigenvalue weighted by Crippen LogP contribution is 2.37. The molecule has 0 amide bonds. The summed E-state index contributed by atoms with van der Waals surface area (Å²) >= 11 is 0. The first-order chi connectivity index (χ1) is 17.3. The summed E-state index contributed by atoms with van der Waals surface area (Å²) in [5.74, 6) is 2.47. The van der Waals surface area contributed by atoms with Crippen LogP contribution in [0.5, 0.6) is 17.2 Å². The number of rotatable bonds is 11. The summed E-state index contributed by atoms with van der Waals surface area (Å²) in [5.41, 5.74) is 0. The zero-order valence-electron chi connectivity index (χ0n) is 23.8. The molecule has 0 aliphatic heterocycles. The van der Waals surface area contributed by atoms with Gasteiger partial charge in [0.2, 0.25) is 0 Å². The summed E-state index contributed by atoms with van der Waals surface area (Å²) in [6, 6.07) is 23.1. The Kier molecular flexibility index (Phi) is 9.48. The molecule has 0 spiro atoms. The van der Waals surface area contributed by atoms with E-state index in [9.17, 15) is 0 Å². The second kappa shape index (κ2) is 11.8. The van der Waals surface area contributed by atoms with Crippen molar-refractivity contribution in [1.29, 1.82) is 0 Å². The normalized spacial score (nSPS) is 12.5. The Balaban J connectivity index is 2.38. The average Bonchev–Trinajstić information content (AvgIpc) is 2.82. The molecular weight excluding hydrogens is 532 g/mol. The van der Waals surface area contributed by atoms with Gasteiger partial charge in [0.1, 0.15) is 17.2 Å². The lowest BCUT2D eigenvalue weighted by Gasteiger charge is -2.40. The minimum absolute atomic E-state index is 0.814. The van der Waals surface area contributed by atoms with E-state index in [1.54, 1.807) is 21.3 Å². The van der Waals surface area contributed by atoms with E-state index < -0.39 is 33.1 Å². The molecule has 0 atom stereocenters. The average molecular weight is 573 g/mol. The summed E-state index contributed by atoms with van der Waals surface area (Å²) in [7, 11) is -2.61. The lowest BCUT2D eigenvalue weighted by atomic mass is 10.3. The molecule has 200 valence electrons. The summed E-state index contributed by atoms with van der Waals surface area (Å²) in [6.45, 7) is 15.7. The summed E-state index contributed by atoms with van der Waals surface area (Å²) < 4.78 is 31.1. The van der Waals surface area contributed by atoms with Crippen molar-refractivity contribution in [3.63, 3.8) is 0 Å². The maximum atomic E-state index is 7.02. The van der Waals surface area contributed by atoms with Crippen LogP contribution >= 0.6 is 7.92 Å². The van der Waals surface area contributed by atoms with Crippen LogP contribution in [-0.4, -0.2) is 46.5 Å². The highest BCUT2D eigenvalue weighted by atomic mass is 31.1. The Hall–Kier alpha value is -1.94. The Labute approximate surface area is 227 Å². The summed E-state index contributed by atoms with van der Waals surface area (Å²) in [4.78, 5) is 0. The maximum absolute atomic E-state index is 7.02. The van der Waals surface area contributed by atoms with Crippen molar-refractivity contribution in [3.8, 4) is 17.2 Å². The summed E-state index contributed by atoms with van der Waals surface area (Å²) in [6.07, 6.45) is 0. The molecule has 3 aromatic carbocycles. The van der Waals surface area contributed by atoms with Gasteiger partial charge in [-0.3, -0.25) is 0 Å². The molecule has 9 heteroatoms. The van der Waals surface area contributed by atoms with Gasteiger partial charge in [0.05, 0.1) is 21.3 Å². The van der Waals surface area contributed by atoms with Gasteiger partial charge in [-0.15, -0.1) is 0 Å². The van der Waals surface area contributed by atoms with Crippen molar-refractivity contribution in [1.82, 2.24) is 0 Å². The summed E-state index contributed by atoms with van der Waals surface area (Å²) in [5, 5.41) is 4.69. The van der Waals surface area contributed by atoms with Crippen molar-refractivity contribution >= 4 is 54.2 Å². The van der Waals surface area contributed by atoms with E-state index in [1.165, 1.54) is 15.9 Å². The molecule has 0 saturated heterocycles. The van der Waals surface area contributed by atoms with Gasteiger partial charge in [-0.25, -0.2) is 0 Å². The fourth-order valence-electron chi connectivity index (χ4n) is 4.43. The minimum atomic E-state index is -2.83. The van der Waals surface area contributed by atoms with Crippen LogP contribution < -0.4 is 35.3 Å². The fraction of sp³-hybridized carbons (Fsp3) is 0.357. The van der Waals surface area contributed by atoms with Crippen LogP contribution in [0.15, 0.2) is 66.7 Å². The third kappa shape index (κ3) is 7.79. The lowest BCUT2D eigenvalue weighted by Crippen LogP contribution is -2.63. The van der Waals surface area contributed by atoms with Gasteiger partial charge >= 0.3 is 8.56 Å². The van der Waals surface area contributed by atoms with Crippen molar-refractivity contribution < 1.29 is 22.4 Å². The Morgan fingerprint density at radius 1 is 0.541 bits per heavy atom. The molecule has 3 aromatic rings. The highest BCUT2D eigenvalue weighted by Gasteiger charge is 2.44. The first-order valence-electron chi connectivity index (χ1n) is 12.5. The number of ether oxygens (including phenoxy) is 3. The fourth-order valence-corrected chi connectivity index (χ4v) is 19.5. The van der Waals surface area contributed by atoms with Gasteiger partial charge < -0.3 is 22.4 Å². The van der Waals surface area contributed by atoms with Crippen LogP contribution in [-0.2, 0) is 8.23 Å². The van der Waals surface area contributed by atoms with Crippen molar-refractivity contribution in [2.75, 3.05) is 21.3 Å². The zero-order chi connectivity index (χ0) is 27.4. The SMILES string of the molecule is COc1cccc(P(c2cccc(OC)c2)c2cc(OC)ccc2[Si](C)(O[Si](C)(C)C)O[Si](C)(C)C)c1. The van der Waals surface area contributed by atoms with E-state index in [-0.39, 0.29) is 0 Å². The van der Waals surface area contributed by atoms with Crippen molar-refractivity contribution in [2.24, 2.45) is 0 Å². The van der Waals surface area contributed by atoms with Gasteiger partial charge in [-0.1, -0.05) is 30.3 Å². The lowest BCUT2D eigenvalue weighted by molar-refractivity contribution is 0.404. The van der Waals surface area contributed by atoms with Gasteiger partial charge in [0, 0.05) is 5.19 Å². The van der Waals surface area contributed by atoms with Crippen LogP contribution in [0.2, 0.25) is 45.8 Å². The molecule has 0 heterocycles. The second-order valence-corrected chi connectivity index (χ2v) is 25.7. The van der Waals surface area contributed by atoms with E-state index in [1.807, 2.05) is 18.2 Å². The molecule has 0 radical (unpaired) electrons. The molecule has 3 rings (SSSR count). The van der Waals surface area contributed by atoms with Crippen LogP contribution in [0, 0.1) is 0 Å². The third-order valence-corrected chi connectivity index (χ3v) is 17.6. The van der Waals surface area contributed by atoms with E-state index in [0.717, 1.165) is 22.4 Å². The van der Waals surface area contributed by atoms with Crippen molar-refractivity contribution in [3.05, 3.63) is 66.7 Å². The first-order valence-corrected chi connectivity index (χ1v) is 22.9. The Morgan fingerprint density at radius 3 is 1.38 bits per heavy atom. The molecule has 0 N–H and O–H groups in total. The number of methoxy groups -OCH3 is 3. The molecule has 37 heavy (non-hydrogen) atoms. The topological polar surface area (TPSA) is 46.2 Å². The van der Waals surface area contributed by atoms with Crippen molar-refractivity contribution in [2.45, 2.75) is 45.8 Å². The number of benzene rings is 3. The molecule has 0 aliphatic rings. The maximum Gasteiger partial charge on any atom is 0.349 e. The monoisotopic (exact) mass is 572 g/mol. The van der Waals surface area contributed by atoms with Gasteiger partial charge in [-0.05, 0) is 106 Å². The molecule has 0 fully saturated rings. The zero-order valence-corrected chi connectivity index (χ0v) is 27.7. The van der Waals surface area contributed by atoms with E-state index in [4.69, 9.17) is 22.4 Å². The standard InChI is InChI=1S/C28H41O5PSi3/c1-29-22-13-11-15-25(19-22)34(26-16-12-14-23(20-26)30-2)27-21-24(31-3)17-18-28(27)37(10,32-35(4,5)6)33-36(7,8)9/h11-21H,1-10H3. The highest BCUT2D eigenvalue weighted by molar-refractivity contribution is 7.80. The molecular formula is C28H41O5PSi3. The first kappa shape index (κ1) is 29.6. The van der Waals surface area contributed by atoms with Gasteiger partial charge in [0.15, 0.2) is 16.6 Å². The Bertz CT molecular complexity index is 1140. The van der Waals surface area contributed by atoms with Crippen LogP contribution in [0.3, 0.4) is 0 Å². The van der Waals surface area contributed by atoms with E-state index >= 15 is 0 Å². The van der Waals surface area contributed by atoms with Crippen LogP contribution in [0.4, 0.5) is 0 Å². The quantitative estimate of drug-likeness (QED) is 0.226. The van der Waals surface area contributed by atoms with Gasteiger partial charge in [-0.2, -0.15) is 0 Å². The van der Waals surface area contributed by atoms with E-state index in [2.05, 4.69) is 94.4 Å². The van der Waals surface area contributed by atoms with Crippen LogP contribution in [0.1, 0.15) is 0 Å². The molecule has 0 saturated carbocycles. The molecule has 0 bridgehead atoms. The smallest absolute Gasteiger partial charge is 0.349 e.